The second-order valence-electron chi connectivity index (χ2n) is 4.95. The molecule has 1 aromatic rings. The van der Waals surface area contributed by atoms with Crippen molar-refractivity contribution in [1.29, 1.82) is 0 Å². The Labute approximate surface area is 121 Å². The molecular weight excluding hydrogens is 244 g/mol. The van der Waals surface area contributed by atoms with Gasteiger partial charge in [0.2, 0.25) is 0 Å². The van der Waals surface area contributed by atoms with Gasteiger partial charge in [0.1, 0.15) is 0 Å². The molecule has 0 unspecified atom stereocenters. The zero-order valence-electron chi connectivity index (χ0n) is 12.3. The molecule has 1 aliphatic heterocycles. The Balaban J connectivity index is 2.16. The second-order valence-corrected chi connectivity index (χ2v) is 4.95. The Bertz CT molecular complexity index is 591. The van der Waals surface area contributed by atoms with E-state index in [-0.39, 0.29) is 0 Å². The van der Waals surface area contributed by atoms with Crippen LogP contribution < -0.4 is 10.6 Å². The Hall–Kier alpha value is -2.22. The van der Waals surface area contributed by atoms with Gasteiger partial charge in [-0.25, -0.2) is 0 Å². The van der Waals surface area contributed by atoms with Gasteiger partial charge < -0.3 is 10.6 Å². The van der Waals surface area contributed by atoms with Crippen LogP contribution in [0.3, 0.4) is 0 Å². The summed E-state index contributed by atoms with van der Waals surface area (Å²) in [6.45, 7) is 12.1. The monoisotopic (exact) mass is 266 g/mol. The minimum Gasteiger partial charge on any atom is -0.359 e. The number of nitrogens with one attached hydrogen (secondary N) is 2. The molecular formula is C18H22N2. The molecule has 2 rings (SSSR count). The van der Waals surface area contributed by atoms with Gasteiger partial charge in [0.15, 0.2) is 0 Å². The van der Waals surface area contributed by atoms with Crippen LogP contribution in [0.2, 0.25) is 0 Å². The molecule has 0 amide bonds. The van der Waals surface area contributed by atoms with Crippen LogP contribution in [-0.2, 0) is 6.42 Å². The Kier molecular flexibility index (Phi) is 4.46. The van der Waals surface area contributed by atoms with Crippen LogP contribution in [0.1, 0.15) is 25.8 Å². The third-order valence-electron chi connectivity index (χ3n) is 3.42. The average molecular weight is 266 g/mol. The molecule has 20 heavy (non-hydrogen) atoms. The number of fused-ring (bicyclic) bond motifs is 1. The quantitative estimate of drug-likeness (QED) is 0.749. The van der Waals surface area contributed by atoms with Crippen LogP contribution in [0.4, 0.5) is 11.4 Å². The largest absolute Gasteiger partial charge is 0.359 e. The molecule has 0 bridgehead atoms. The van der Waals surface area contributed by atoms with Gasteiger partial charge in [0.05, 0.1) is 0 Å². The van der Waals surface area contributed by atoms with E-state index in [1.807, 2.05) is 32.1 Å². The van der Waals surface area contributed by atoms with Crippen molar-refractivity contribution in [1.82, 2.24) is 0 Å². The summed E-state index contributed by atoms with van der Waals surface area (Å²) >= 11 is 0. The SMILES string of the molecule is C=C1CCc2ccc(NC(=C)C(/C=C\C)=C/C)cc2N1. The lowest BCUT2D eigenvalue weighted by Gasteiger charge is -2.21. The molecule has 0 saturated carbocycles. The first kappa shape index (κ1) is 14.2. The highest BCUT2D eigenvalue weighted by Gasteiger charge is 2.11. The number of hydrogen-bond acceptors (Lipinski definition) is 2. The van der Waals surface area contributed by atoms with Crippen LogP contribution in [0, 0.1) is 0 Å². The van der Waals surface area contributed by atoms with E-state index in [0.717, 1.165) is 41.2 Å². The maximum absolute atomic E-state index is 4.10. The molecule has 2 heteroatoms. The van der Waals surface area contributed by atoms with E-state index < -0.39 is 0 Å². The Morgan fingerprint density at radius 1 is 1.30 bits per heavy atom. The van der Waals surface area contributed by atoms with Crippen molar-refractivity contribution in [3.63, 3.8) is 0 Å². The predicted molar refractivity (Wildman–Crippen MR) is 88.9 cm³/mol. The minimum absolute atomic E-state index is 0.903. The van der Waals surface area contributed by atoms with Crippen LogP contribution in [0.25, 0.3) is 0 Å². The molecule has 0 spiro atoms. The highest BCUT2D eigenvalue weighted by Crippen LogP contribution is 2.29. The average Bonchev–Trinajstić information content (AvgIpc) is 2.44. The van der Waals surface area contributed by atoms with Crippen molar-refractivity contribution < 1.29 is 0 Å². The summed E-state index contributed by atoms with van der Waals surface area (Å²) in [7, 11) is 0. The first-order valence-electron chi connectivity index (χ1n) is 6.97. The molecule has 0 fully saturated rings. The number of allylic oxidation sites excluding steroid dienone is 4. The van der Waals surface area contributed by atoms with Crippen molar-refractivity contribution in [3.05, 3.63) is 72.1 Å². The maximum atomic E-state index is 4.10. The smallest absolute Gasteiger partial charge is 0.0435 e. The topological polar surface area (TPSA) is 24.1 Å². The van der Waals surface area contributed by atoms with E-state index in [2.05, 4.69) is 42.0 Å². The molecule has 2 N–H and O–H groups in total. The first-order chi connectivity index (χ1) is 9.63. The van der Waals surface area contributed by atoms with Crippen LogP contribution >= 0.6 is 0 Å². The van der Waals surface area contributed by atoms with Gasteiger partial charge in [-0.1, -0.05) is 37.5 Å². The van der Waals surface area contributed by atoms with Gasteiger partial charge in [0, 0.05) is 22.8 Å². The molecule has 0 aliphatic carbocycles. The highest BCUT2D eigenvalue weighted by atomic mass is 14.9. The van der Waals surface area contributed by atoms with E-state index >= 15 is 0 Å². The number of benzene rings is 1. The molecule has 2 nitrogen and oxygen atoms in total. The lowest BCUT2D eigenvalue weighted by Crippen LogP contribution is -2.09. The van der Waals surface area contributed by atoms with Gasteiger partial charge >= 0.3 is 0 Å². The third kappa shape index (κ3) is 3.21. The van der Waals surface area contributed by atoms with E-state index in [1.54, 1.807) is 0 Å². The third-order valence-corrected chi connectivity index (χ3v) is 3.42. The molecule has 1 aromatic carbocycles. The Morgan fingerprint density at radius 3 is 2.80 bits per heavy atom. The summed E-state index contributed by atoms with van der Waals surface area (Å²) in [6, 6.07) is 6.38. The molecule has 0 aromatic heterocycles. The Morgan fingerprint density at radius 2 is 2.10 bits per heavy atom. The van der Waals surface area contributed by atoms with Gasteiger partial charge in [-0.2, -0.15) is 0 Å². The second kappa shape index (κ2) is 6.29. The summed E-state index contributed by atoms with van der Waals surface area (Å²) in [6.07, 6.45) is 8.18. The number of aryl methyl sites for hydroxylation is 1. The fourth-order valence-electron chi connectivity index (χ4n) is 2.32. The molecule has 1 heterocycles. The summed E-state index contributed by atoms with van der Waals surface area (Å²) in [5.41, 5.74) is 6.61. The molecule has 0 atom stereocenters. The lowest BCUT2D eigenvalue weighted by molar-refractivity contribution is 0.919. The van der Waals surface area contributed by atoms with Crippen LogP contribution in [0.5, 0.6) is 0 Å². The van der Waals surface area contributed by atoms with Crippen LogP contribution in [-0.4, -0.2) is 0 Å². The lowest BCUT2D eigenvalue weighted by atomic mass is 10.0. The summed E-state index contributed by atoms with van der Waals surface area (Å²) in [5, 5.41) is 6.71. The number of rotatable bonds is 4. The number of hydrogen-bond donors (Lipinski definition) is 2. The van der Waals surface area contributed by atoms with Gasteiger partial charge in [0.25, 0.3) is 0 Å². The van der Waals surface area contributed by atoms with E-state index in [9.17, 15) is 0 Å². The number of anilines is 2. The highest BCUT2D eigenvalue weighted by molar-refractivity contribution is 5.67. The van der Waals surface area contributed by atoms with Gasteiger partial charge in [-0.15, -0.1) is 0 Å². The zero-order chi connectivity index (χ0) is 14.5. The van der Waals surface area contributed by atoms with Crippen molar-refractivity contribution >= 4 is 11.4 Å². The molecule has 0 saturated heterocycles. The normalized spacial score (nSPS) is 14.9. The summed E-state index contributed by atoms with van der Waals surface area (Å²) in [4.78, 5) is 0. The summed E-state index contributed by atoms with van der Waals surface area (Å²) in [5.74, 6) is 0. The van der Waals surface area contributed by atoms with Crippen molar-refractivity contribution in [2.24, 2.45) is 0 Å². The van der Waals surface area contributed by atoms with Crippen molar-refractivity contribution in [2.75, 3.05) is 10.6 Å². The van der Waals surface area contributed by atoms with Crippen LogP contribution in [0.15, 0.2) is 66.6 Å². The standard InChI is InChI=1S/C18H22N2/c1-5-7-15(6-2)14(4)20-17-11-10-16-9-8-13(3)19-18(16)12-17/h5-7,10-12,19-20H,3-4,8-9H2,1-2H3/b7-5-,15-6+. The van der Waals surface area contributed by atoms with Gasteiger partial charge in [-0.05, 0) is 50.0 Å². The minimum atomic E-state index is 0.903. The molecule has 0 radical (unpaired) electrons. The maximum Gasteiger partial charge on any atom is 0.0435 e. The fraction of sp³-hybridized carbons (Fsp3) is 0.222. The van der Waals surface area contributed by atoms with Crippen molar-refractivity contribution in [3.8, 4) is 0 Å². The molecule has 104 valence electrons. The predicted octanol–water partition coefficient (Wildman–Crippen LogP) is 5.01. The first-order valence-corrected chi connectivity index (χ1v) is 6.97. The molecule has 1 aliphatic rings. The fourth-order valence-corrected chi connectivity index (χ4v) is 2.32. The van der Waals surface area contributed by atoms with E-state index in [4.69, 9.17) is 0 Å². The van der Waals surface area contributed by atoms with Gasteiger partial charge in [-0.3, -0.25) is 0 Å². The van der Waals surface area contributed by atoms with E-state index in [1.165, 1.54) is 5.56 Å². The van der Waals surface area contributed by atoms with Crippen molar-refractivity contribution in [2.45, 2.75) is 26.7 Å². The summed E-state index contributed by atoms with van der Waals surface area (Å²) < 4.78 is 0. The zero-order valence-corrected chi connectivity index (χ0v) is 12.3. The van der Waals surface area contributed by atoms with E-state index in [0.29, 0.717) is 0 Å².